The summed E-state index contributed by atoms with van der Waals surface area (Å²) in [6.07, 6.45) is 0.366. The Hall–Kier alpha value is -3.72. The van der Waals surface area contributed by atoms with E-state index in [0.29, 0.717) is 55.2 Å². The molecule has 0 N–H and O–H groups in total. The van der Waals surface area contributed by atoms with Crippen molar-refractivity contribution in [1.29, 1.82) is 0 Å². The molecule has 2 heterocycles. The van der Waals surface area contributed by atoms with Crippen molar-refractivity contribution in [1.82, 2.24) is 9.47 Å². The molecule has 0 unspecified atom stereocenters. The van der Waals surface area contributed by atoms with E-state index in [1.54, 1.807) is 28.8 Å². The molecule has 9 heteroatoms. The van der Waals surface area contributed by atoms with Crippen molar-refractivity contribution in [3.8, 4) is 11.5 Å². The molecule has 184 valence electrons. The first-order valence-corrected chi connectivity index (χ1v) is 11.2. The first-order valence-electron chi connectivity index (χ1n) is 11.2. The fraction of sp³-hybridized carbons (Fsp3) is 0.308. The van der Waals surface area contributed by atoms with Gasteiger partial charge < -0.3 is 18.8 Å². The van der Waals surface area contributed by atoms with Gasteiger partial charge in [-0.25, -0.2) is 13.6 Å². The van der Waals surface area contributed by atoms with Gasteiger partial charge in [-0.3, -0.25) is 9.69 Å². The Morgan fingerprint density at radius 1 is 1.00 bits per heavy atom. The molecule has 3 aromatic rings. The van der Waals surface area contributed by atoms with E-state index >= 15 is 0 Å². The quantitative estimate of drug-likeness (QED) is 0.478. The maximum absolute atomic E-state index is 14.5. The fourth-order valence-electron chi connectivity index (χ4n) is 4.15. The first kappa shape index (κ1) is 24.4. The zero-order chi connectivity index (χ0) is 24.9. The van der Waals surface area contributed by atoms with Crippen molar-refractivity contribution in [2.45, 2.75) is 26.1 Å². The lowest BCUT2D eigenvalue weighted by Gasteiger charge is -2.20. The van der Waals surface area contributed by atoms with E-state index in [-0.39, 0.29) is 35.1 Å². The summed E-state index contributed by atoms with van der Waals surface area (Å²) in [6, 6.07) is 11.8. The number of carbonyl (C=O) groups is 1. The molecule has 1 aliphatic rings. The van der Waals surface area contributed by atoms with Crippen LogP contribution >= 0.6 is 0 Å². The molecule has 0 bridgehead atoms. The smallest absolute Gasteiger partial charge is 0.343 e. The summed E-state index contributed by atoms with van der Waals surface area (Å²) in [7, 11) is 2.75. The average Bonchev–Trinajstić information content (AvgIpc) is 3.07. The molecule has 1 aromatic heterocycles. The van der Waals surface area contributed by atoms with E-state index in [9.17, 15) is 18.4 Å². The number of fused-ring (bicyclic) bond motifs is 1. The second-order valence-electron chi connectivity index (χ2n) is 8.21. The molecule has 0 amide bonds. The summed E-state index contributed by atoms with van der Waals surface area (Å²) >= 11 is 0. The monoisotopic (exact) mass is 484 g/mol. The van der Waals surface area contributed by atoms with E-state index < -0.39 is 5.97 Å². The standard InChI is InChI=1S/C26H26F2N2O5/c1-33-20-8-5-18(21(28)13-20)15-29-10-9-22-25(26(32)34-2)23(14-24(31)30(22)12-11-29)35-16-17-3-6-19(27)7-4-17/h3-8,13-14H,9-12,15-16H2,1-2H3. The number of hydrogen-bond donors (Lipinski definition) is 0. The van der Waals surface area contributed by atoms with Gasteiger partial charge in [0.2, 0.25) is 0 Å². The number of methoxy groups -OCH3 is 2. The van der Waals surface area contributed by atoms with E-state index in [0.717, 1.165) is 0 Å². The summed E-state index contributed by atoms with van der Waals surface area (Å²) < 4.78 is 45.1. The van der Waals surface area contributed by atoms with Crippen LogP contribution in [-0.4, -0.2) is 42.7 Å². The zero-order valence-corrected chi connectivity index (χ0v) is 19.6. The lowest BCUT2D eigenvalue weighted by Crippen LogP contribution is -2.29. The van der Waals surface area contributed by atoms with Crippen LogP contribution in [0.4, 0.5) is 8.78 Å². The van der Waals surface area contributed by atoms with Gasteiger partial charge in [-0.1, -0.05) is 18.2 Å². The maximum atomic E-state index is 14.5. The molecule has 0 spiro atoms. The molecule has 0 saturated heterocycles. The molecular formula is C26H26F2N2O5. The summed E-state index contributed by atoms with van der Waals surface area (Å²) in [5, 5.41) is 0. The van der Waals surface area contributed by atoms with Crippen LogP contribution in [0.2, 0.25) is 0 Å². The van der Waals surface area contributed by atoms with Crippen molar-refractivity contribution in [2.24, 2.45) is 0 Å². The van der Waals surface area contributed by atoms with Crippen LogP contribution in [0.25, 0.3) is 0 Å². The number of benzene rings is 2. The van der Waals surface area contributed by atoms with Crippen LogP contribution < -0.4 is 15.0 Å². The minimum Gasteiger partial charge on any atom is -0.497 e. The van der Waals surface area contributed by atoms with Crippen LogP contribution in [0.15, 0.2) is 53.3 Å². The minimum absolute atomic E-state index is 0.0516. The molecule has 1 aliphatic heterocycles. The molecule has 0 aliphatic carbocycles. The summed E-state index contributed by atoms with van der Waals surface area (Å²) in [5.41, 5.74) is 1.59. The number of rotatable bonds is 7. The van der Waals surface area contributed by atoms with Gasteiger partial charge >= 0.3 is 5.97 Å². The lowest BCUT2D eigenvalue weighted by atomic mass is 10.1. The normalized spacial score (nSPS) is 13.6. The van der Waals surface area contributed by atoms with Crippen LogP contribution in [0, 0.1) is 11.6 Å². The predicted molar refractivity (Wildman–Crippen MR) is 125 cm³/mol. The Kier molecular flexibility index (Phi) is 7.45. The van der Waals surface area contributed by atoms with Crippen molar-refractivity contribution in [2.75, 3.05) is 27.3 Å². The van der Waals surface area contributed by atoms with Gasteiger partial charge in [0.15, 0.2) is 0 Å². The third kappa shape index (κ3) is 5.51. The molecule has 0 saturated carbocycles. The van der Waals surface area contributed by atoms with Gasteiger partial charge in [-0.2, -0.15) is 0 Å². The molecule has 4 rings (SSSR count). The van der Waals surface area contributed by atoms with Gasteiger partial charge in [0.05, 0.1) is 14.2 Å². The lowest BCUT2D eigenvalue weighted by molar-refractivity contribution is 0.0592. The van der Waals surface area contributed by atoms with Crippen molar-refractivity contribution in [3.63, 3.8) is 0 Å². The number of halogens is 2. The van der Waals surface area contributed by atoms with Crippen LogP contribution in [-0.2, 0) is 30.9 Å². The van der Waals surface area contributed by atoms with Gasteiger partial charge in [-0.05, 0) is 23.8 Å². The molecule has 35 heavy (non-hydrogen) atoms. The molecule has 2 aromatic carbocycles. The number of pyridine rings is 1. The van der Waals surface area contributed by atoms with Crippen LogP contribution in [0.1, 0.15) is 27.2 Å². The van der Waals surface area contributed by atoms with Gasteiger partial charge in [0.25, 0.3) is 5.56 Å². The van der Waals surface area contributed by atoms with Crippen LogP contribution in [0.3, 0.4) is 0 Å². The van der Waals surface area contributed by atoms with E-state index in [1.165, 1.54) is 38.5 Å². The Bertz CT molecular complexity index is 1270. The topological polar surface area (TPSA) is 70.0 Å². The predicted octanol–water partition coefficient (Wildman–Crippen LogP) is 3.56. The number of esters is 1. The van der Waals surface area contributed by atoms with Gasteiger partial charge in [0.1, 0.15) is 35.3 Å². The molecular weight excluding hydrogens is 458 g/mol. The highest BCUT2D eigenvalue weighted by Gasteiger charge is 2.26. The highest BCUT2D eigenvalue weighted by molar-refractivity contribution is 5.93. The SMILES string of the molecule is COC(=O)c1c(OCc2ccc(F)cc2)cc(=O)n2c1CCN(Cc1ccc(OC)cc1F)CC2. The van der Waals surface area contributed by atoms with Gasteiger partial charge in [0, 0.05) is 56.0 Å². The summed E-state index contributed by atoms with van der Waals surface area (Å²) in [5.74, 6) is -0.789. The summed E-state index contributed by atoms with van der Waals surface area (Å²) in [6.45, 7) is 1.72. The zero-order valence-electron chi connectivity index (χ0n) is 19.6. The van der Waals surface area contributed by atoms with Crippen molar-refractivity contribution >= 4 is 5.97 Å². The Balaban J connectivity index is 1.58. The fourth-order valence-corrected chi connectivity index (χ4v) is 4.15. The Morgan fingerprint density at radius 2 is 1.77 bits per heavy atom. The first-order chi connectivity index (χ1) is 16.9. The molecule has 0 atom stereocenters. The number of nitrogens with zero attached hydrogens (tertiary/aromatic N) is 2. The second kappa shape index (κ2) is 10.7. The third-order valence-electron chi connectivity index (χ3n) is 6.04. The maximum Gasteiger partial charge on any atom is 0.343 e. The number of ether oxygens (including phenoxy) is 3. The minimum atomic E-state index is -0.613. The molecule has 0 radical (unpaired) electrons. The molecule has 0 fully saturated rings. The van der Waals surface area contributed by atoms with E-state index in [1.807, 2.05) is 4.90 Å². The van der Waals surface area contributed by atoms with Crippen LogP contribution in [0.5, 0.6) is 11.5 Å². The Labute approximate surface area is 201 Å². The second-order valence-corrected chi connectivity index (χ2v) is 8.21. The van der Waals surface area contributed by atoms with E-state index in [4.69, 9.17) is 14.2 Å². The highest BCUT2D eigenvalue weighted by Crippen LogP contribution is 2.26. The third-order valence-corrected chi connectivity index (χ3v) is 6.04. The summed E-state index contributed by atoms with van der Waals surface area (Å²) in [4.78, 5) is 27.7. The largest absolute Gasteiger partial charge is 0.497 e. The number of carbonyl (C=O) groups excluding carboxylic acids is 1. The number of hydrogen-bond acceptors (Lipinski definition) is 6. The van der Waals surface area contributed by atoms with Crippen molar-refractivity contribution in [3.05, 3.63) is 92.9 Å². The van der Waals surface area contributed by atoms with E-state index in [2.05, 4.69) is 0 Å². The number of aromatic nitrogens is 1. The van der Waals surface area contributed by atoms with Gasteiger partial charge in [-0.15, -0.1) is 0 Å². The average molecular weight is 484 g/mol. The van der Waals surface area contributed by atoms with Crippen molar-refractivity contribution < 1.29 is 27.8 Å². The highest BCUT2D eigenvalue weighted by atomic mass is 19.1. The molecule has 7 nitrogen and oxygen atoms in total. The Morgan fingerprint density at radius 3 is 2.46 bits per heavy atom.